The maximum atomic E-state index is 7.38. The van der Waals surface area contributed by atoms with Crippen LogP contribution in [0, 0.1) is 0 Å². The van der Waals surface area contributed by atoms with Crippen molar-refractivity contribution in [3.63, 3.8) is 0 Å². The fraction of sp³-hybridized carbons (Fsp3) is 0.0448. The molecule has 12 aromatic rings. The summed E-state index contributed by atoms with van der Waals surface area (Å²) in [6, 6.07) is 93.8. The van der Waals surface area contributed by atoms with E-state index in [4.69, 9.17) is 4.42 Å². The van der Waals surface area contributed by atoms with Gasteiger partial charge in [0.05, 0.1) is 11.1 Å². The Morgan fingerprint density at radius 3 is 1.31 bits per heavy atom. The Bertz CT molecular complexity index is 3770. The number of furan rings is 1. The fourth-order valence-corrected chi connectivity index (χ4v) is 11.1. The Morgan fingerprint density at radius 1 is 0.324 bits per heavy atom. The van der Waals surface area contributed by atoms with Crippen molar-refractivity contribution in [3.8, 4) is 22.3 Å². The van der Waals surface area contributed by atoms with Gasteiger partial charge >= 0.3 is 0 Å². The summed E-state index contributed by atoms with van der Waals surface area (Å²) in [6.07, 6.45) is 0. The van der Waals surface area contributed by atoms with E-state index in [1.165, 1.54) is 22.3 Å². The zero-order chi connectivity index (χ0) is 47.5. The van der Waals surface area contributed by atoms with E-state index in [2.05, 4.69) is 289 Å². The molecule has 13 rings (SSSR count). The second-order valence-corrected chi connectivity index (χ2v) is 18.9. The second-order valence-electron chi connectivity index (χ2n) is 18.9. The van der Waals surface area contributed by atoms with Crippen molar-refractivity contribution in [2.75, 3.05) is 14.7 Å². The van der Waals surface area contributed by atoms with Crippen molar-refractivity contribution in [3.05, 3.63) is 272 Å². The van der Waals surface area contributed by atoms with Gasteiger partial charge in [0.1, 0.15) is 11.2 Å². The minimum Gasteiger partial charge on any atom is -0.455 e. The summed E-state index contributed by atoms with van der Waals surface area (Å²) in [5, 5.41) is 4.40. The van der Waals surface area contributed by atoms with E-state index in [1.807, 2.05) is 0 Å². The molecule has 1 heterocycles. The predicted octanol–water partition coefficient (Wildman–Crippen LogP) is 19.1. The molecule has 0 saturated carbocycles. The van der Waals surface area contributed by atoms with E-state index < -0.39 is 0 Å². The molecule has 0 aliphatic heterocycles. The molecule has 0 bridgehead atoms. The molecule has 338 valence electrons. The molecule has 1 aromatic heterocycles. The molecule has 4 heteroatoms. The number of fused-ring (bicyclic) bond motifs is 7. The van der Waals surface area contributed by atoms with Crippen LogP contribution < -0.4 is 14.7 Å². The van der Waals surface area contributed by atoms with Crippen LogP contribution in [0.5, 0.6) is 0 Å². The summed E-state index contributed by atoms with van der Waals surface area (Å²) in [7, 11) is 0. The smallest absolute Gasteiger partial charge is 0.143 e. The molecule has 0 saturated heterocycles. The maximum Gasteiger partial charge on any atom is 0.143 e. The highest BCUT2D eigenvalue weighted by atomic mass is 16.3. The minimum absolute atomic E-state index is 0.387. The molecular weight excluding hydrogens is 863 g/mol. The minimum atomic E-state index is -0.387. The number of hydrogen-bond acceptors (Lipinski definition) is 4. The lowest BCUT2D eigenvalue weighted by Gasteiger charge is -2.29. The topological polar surface area (TPSA) is 22.9 Å². The number of rotatable bonds is 10. The van der Waals surface area contributed by atoms with Crippen LogP contribution >= 0.6 is 0 Å². The molecular formula is C67H49N3O. The SMILES string of the molecule is CC1(C)c2cc(N(c3ccccc3)c3ccccc3)ccc2-c2c(-c3cccc4c3oc3cc5ccccc5c(N(c5ccccc5)c5ccccc5)c34)cc(N(c3ccccc3)c3ccccc3)cc21. The van der Waals surface area contributed by atoms with Crippen LogP contribution in [0.4, 0.5) is 51.2 Å². The molecule has 71 heavy (non-hydrogen) atoms. The number of benzene rings is 11. The molecule has 11 aromatic carbocycles. The van der Waals surface area contributed by atoms with Gasteiger partial charge in [-0.1, -0.05) is 172 Å². The number of nitrogens with zero attached hydrogens (tertiary/aromatic N) is 3. The van der Waals surface area contributed by atoms with E-state index in [1.54, 1.807) is 0 Å². The third-order valence-electron chi connectivity index (χ3n) is 14.3. The molecule has 0 atom stereocenters. The van der Waals surface area contributed by atoms with Gasteiger partial charge in [0.25, 0.3) is 0 Å². The van der Waals surface area contributed by atoms with Crippen LogP contribution in [-0.2, 0) is 5.41 Å². The summed E-state index contributed by atoms with van der Waals surface area (Å²) in [4.78, 5) is 7.15. The van der Waals surface area contributed by atoms with E-state index in [-0.39, 0.29) is 5.41 Å². The van der Waals surface area contributed by atoms with E-state index in [0.29, 0.717) is 0 Å². The van der Waals surface area contributed by atoms with Crippen molar-refractivity contribution in [2.45, 2.75) is 19.3 Å². The molecule has 0 fully saturated rings. The van der Waals surface area contributed by atoms with E-state index >= 15 is 0 Å². The average Bonchev–Trinajstić information content (AvgIpc) is 3.92. The maximum absolute atomic E-state index is 7.38. The zero-order valence-electron chi connectivity index (χ0n) is 39.6. The van der Waals surface area contributed by atoms with Crippen LogP contribution in [0.3, 0.4) is 0 Å². The highest BCUT2D eigenvalue weighted by Crippen LogP contribution is 2.57. The molecule has 0 radical (unpaired) electrons. The van der Waals surface area contributed by atoms with Gasteiger partial charge in [-0.25, -0.2) is 0 Å². The first-order chi connectivity index (χ1) is 35.0. The normalized spacial score (nSPS) is 12.5. The number of para-hydroxylation sites is 7. The third kappa shape index (κ3) is 7.06. The monoisotopic (exact) mass is 911 g/mol. The van der Waals surface area contributed by atoms with Crippen molar-refractivity contribution in [2.24, 2.45) is 0 Å². The molecule has 1 aliphatic carbocycles. The highest BCUT2D eigenvalue weighted by Gasteiger charge is 2.39. The predicted molar refractivity (Wildman–Crippen MR) is 298 cm³/mol. The number of anilines is 9. The van der Waals surface area contributed by atoms with E-state index in [9.17, 15) is 0 Å². The Morgan fingerprint density at radius 2 is 0.775 bits per heavy atom. The van der Waals surface area contributed by atoms with Crippen molar-refractivity contribution >= 4 is 83.9 Å². The van der Waals surface area contributed by atoms with Crippen LogP contribution in [0.15, 0.2) is 265 Å². The molecule has 0 spiro atoms. The Hall–Kier alpha value is -9.12. The standard InChI is InChI=1S/C67H49N3O/c1-67(2)60-44-53(68(47-25-9-3-10-26-47)48-27-11-4-12-28-48)40-41-57(60)63-59(43-54(45-61(63)67)69(49-29-13-5-14-30-49)50-31-15-6-16-32-50)56-38-23-39-58-64-62(71-66(56)58)42-46-24-21-22-37-55(46)65(64)70(51-33-17-7-18-34-51)52-35-19-8-20-36-52/h3-45H,1-2H3. The lowest BCUT2D eigenvalue weighted by molar-refractivity contribution is 0.660. The lowest BCUT2D eigenvalue weighted by Crippen LogP contribution is -2.18. The Balaban J connectivity index is 1.10. The average molecular weight is 912 g/mol. The van der Waals surface area contributed by atoms with Crippen LogP contribution in [0.1, 0.15) is 25.0 Å². The van der Waals surface area contributed by atoms with Gasteiger partial charge in [-0.2, -0.15) is 0 Å². The summed E-state index contributed by atoms with van der Waals surface area (Å²) in [6.45, 7) is 4.78. The molecule has 0 amide bonds. The van der Waals surface area contributed by atoms with Gasteiger partial charge in [-0.15, -0.1) is 0 Å². The van der Waals surface area contributed by atoms with E-state index in [0.717, 1.165) is 95.0 Å². The summed E-state index contributed by atoms with van der Waals surface area (Å²) < 4.78 is 7.38. The van der Waals surface area contributed by atoms with Crippen molar-refractivity contribution in [1.82, 2.24) is 0 Å². The zero-order valence-corrected chi connectivity index (χ0v) is 39.6. The quantitative estimate of drug-likeness (QED) is 0.136. The first-order valence-electron chi connectivity index (χ1n) is 24.4. The summed E-state index contributed by atoms with van der Waals surface area (Å²) in [5.41, 5.74) is 18.3. The Kier molecular flexibility index (Phi) is 10.1. The first-order valence-corrected chi connectivity index (χ1v) is 24.4. The lowest BCUT2D eigenvalue weighted by atomic mass is 9.81. The largest absolute Gasteiger partial charge is 0.455 e. The third-order valence-corrected chi connectivity index (χ3v) is 14.3. The van der Waals surface area contributed by atoms with Gasteiger partial charge < -0.3 is 19.1 Å². The van der Waals surface area contributed by atoms with Gasteiger partial charge in [0.15, 0.2) is 0 Å². The highest BCUT2D eigenvalue weighted by molar-refractivity contribution is 6.23. The van der Waals surface area contributed by atoms with Gasteiger partial charge in [0, 0.05) is 67.2 Å². The summed E-state index contributed by atoms with van der Waals surface area (Å²) in [5.74, 6) is 0. The van der Waals surface area contributed by atoms with Gasteiger partial charge in [-0.3, -0.25) is 0 Å². The second kappa shape index (κ2) is 17.1. The fourth-order valence-electron chi connectivity index (χ4n) is 11.1. The van der Waals surface area contributed by atoms with Gasteiger partial charge in [0.2, 0.25) is 0 Å². The molecule has 0 N–H and O–H groups in total. The van der Waals surface area contributed by atoms with Gasteiger partial charge in [-0.05, 0) is 136 Å². The van der Waals surface area contributed by atoms with Crippen LogP contribution in [0.2, 0.25) is 0 Å². The summed E-state index contributed by atoms with van der Waals surface area (Å²) >= 11 is 0. The van der Waals surface area contributed by atoms with Crippen LogP contribution in [-0.4, -0.2) is 0 Å². The van der Waals surface area contributed by atoms with Crippen molar-refractivity contribution < 1.29 is 4.42 Å². The Labute approximate surface area is 414 Å². The molecule has 0 unspecified atom stereocenters. The molecule has 4 nitrogen and oxygen atoms in total. The molecule has 1 aliphatic rings. The van der Waals surface area contributed by atoms with Crippen molar-refractivity contribution in [1.29, 1.82) is 0 Å². The number of hydrogen-bond donors (Lipinski definition) is 0. The first kappa shape index (κ1) is 42.0. The van der Waals surface area contributed by atoms with Crippen LogP contribution in [0.25, 0.3) is 55.0 Å².